The molecular formula is C9H7ClN4O4S. The Morgan fingerprint density at radius 1 is 1.37 bits per heavy atom. The van der Waals surface area contributed by atoms with E-state index < -0.39 is 26.6 Å². The van der Waals surface area contributed by atoms with Gasteiger partial charge in [0, 0.05) is 6.20 Å². The molecule has 100 valence electrons. The smallest absolute Gasteiger partial charge is 0.340 e. The number of sulfonamides is 1. The summed E-state index contributed by atoms with van der Waals surface area (Å²) >= 11 is 5.62. The van der Waals surface area contributed by atoms with E-state index in [-0.39, 0.29) is 5.82 Å². The van der Waals surface area contributed by atoms with Crippen molar-refractivity contribution in [3.63, 3.8) is 0 Å². The van der Waals surface area contributed by atoms with Crippen molar-refractivity contribution in [1.82, 2.24) is 15.2 Å². The first-order chi connectivity index (χ1) is 8.90. The van der Waals surface area contributed by atoms with Gasteiger partial charge in [-0.15, -0.1) is 0 Å². The van der Waals surface area contributed by atoms with E-state index in [0.29, 0.717) is 5.02 Å². The maximum atomic E-state index is 12.0. The molecule has 0 saturated heterocycles. The molecule has 19 heavy (non-hydrogen) atoms. The topological polar surface area (TPSA) is 125 Å². The van der Waals surface area contributed by atoms with Gasteiger partial charge in [-0.25, -0.2) is 9.78 Å². The molecule has 0 fully saturated rings. The first-order valence-electron chi connectivity index (χ1n) is 4.81. The van der Waals surface area contributed by atoms with Crippen LogP contribution in [0.5, 0.6) is 0 Å². The van der Waals surface area contributed by atoms with Crippen molar-refractivity contribution < 1.29 is 18.3 Å². The lowest BCUT2D eigenvalue weighted by atomic mass is 10.4. The number of halogens is 1. The van der Waals surface area contributed by atoms with Crippen molar-refractivity contribution in [1.29, 1.82) is 0 Å². The summed E-state index contributed by atoms with van der Waals surface area (Å²) in [6, 6.07) is 2.79. The number of nitrogens with zero attached hydrogens (tertiary/aromatic N) is 2. The molecule has 2 aromatic heterocycles. The first-order valence-corrected chi connectivity index (χ1v) is 6.67. The van der Waals surface area contributed by atoms with Gasteiger partial charge in [-0.2, -0.15) is 13.5 Å². The Morgan fingerprint density at radius 3 is 2.68 bits per heavy atom. The molecule has 0 unspecified atom stereocenters. The highest BCUT2D eigenvalue weighted by Crippen LogP contribution is 2.17. The summed E-state index contributed by atoms with van der Waals surface area (Å²) in [5.74, 6) is -1.39. The van der Waals surface area contributed by atoms with Gasteiger partial charge in [0.15, 0.2) is 5.03 Å². The van der Waals surface area contributed by atoms with Gasteiger partial charge >= 0.3 is 5.97 Å². The highest BCUT2D eigenvalue weighted by molar-refractivity contribution is 7.92. The summed E-state index contributed by atoms with van der Waals surface area (Å²) < 4.78 is 26.0. The van der Waals surface area contributed by atoms with Crippen molar-refractivity contribution >= 4 is 33.4 Å². The van der Waals surface area contributed by atoms with Crippen LogP contribution in [0.15, 0.2) is 29.6 Å². The van der Waals surface area contributed by atoms with Crippen LogP contribution in [-0.2, 0) is 10.0 Å². The minimum Gasteiger partial charge on any atom is -0.478 e. The first kappa shape index (κ1) is 13.3. The Labute approximate surface area is 112 Å². The average Bonchev–Trinajstić information content (AvgIpc) is 2.82. The molecule has 3 N–H and O–H groups in total. The van der Waals surface area contributed by atoms with E-state index in [4.69, 9.17) is 16.7 Å². The van der Waals surface area contributed by atoms with Gasteiger partial charge < -0.3 is 5.11 Å². The Hall–Kier alpha value is -2.13. The molecule has 8 nitrogen and oxygen atoms in total. The third-order valence-corrected chi connectivity index (χ3v) is 3.62. The number of hydrogen-bond donors (Lipinski definition) is 3. The van der Waals surface area contributed by atoms with E-state index in [2.05, 4.69) is 19.9 Å². The number of carboxylic acids is 1. The number of aromatic amines is 1. The fourth-order valence-corrected chi connectivity index (χ4v) is 2.47. The molecule has 0 aliphatic heterocycles. The summed E-state index contributed by atoms with van der Waals surface area (Å²) in [5.41, 5.74) is -0.457. The molecular weight excluding hydrogens is 296 g/mol. The predicted molar refractivity (Wildman–Crippen MR) is 65.6 cm³/mol. The van der Waals surface area contributed by atoms with Gasteiger partial charge in [0.2, 0.25) is 0 Å². The maximum Gasteiger partial charge on any atom is 0.340 e. The molecule has 2 rings (SSSR count). The molecule has 2 aromatic rings. The lowest BCUT2D eigenvalue weighted by Gasteiger charge is -2.05. The second-order valence-corrected chi connectivity index (χ2v) is 5.44. The van der Waals surface area contributed by atoms with E-state index in [9.17, 15) is 13.2 Å². The zero-order valence-electron chi connectivity index (χ0n) is 9.16. The highest BCUT2D eigenvalue weighted by Gasteiger charge is 2.25. The number of carboxylic acid groups (broad SMARTS) is 1. The number of aromatic nitrogens is 3. The van der Waals surface area contributed by atoms with Crippen molar-refractivity contribution in [3.8, 4) is 0 Å². The van der Waals surface area contributed by atoms with Crippen LogP contribution in [-0.4, -0.2) is 34.7 Å². The molecule has 0 radical (unpaired) electrons. The van der Waals surface area contributed by atoms with E-state index in [1.54, 1.807) is 0 Å². The van der Waals surface area contributed by atoms with Gasteiger partial charge in [0.05, 0.1) is 11.2 Å². The number of H-pyrrole nitrogens is 1. The van der Waals surface area contributed by atoms with Crippen LogP contribution in [0, 0.1) is 0 Å². The fourth-order valence-electron chi connectivity index (χ4n) is 1.26. The van der Waals surface area contributed by atoms with Gasteiger partial charge in [-0.3, -0.25) is 9.82 Å². The number of rotatable bonds is 4. The molecule has 0 saturated carbocycles. The SMILES string of the molecule is O=C(O)c1cn[nH]c1S(=O)(=O)Nc1ccc(Cl)cn1. The number of pyridine rings is 1. The Balaban J connectivity index is 2.35. The van der Waals surface area contributed by atoms with E-state index in [1.807, 2.05) is 0 Å². The highest BCUT2D eigenvalue weighted by atomic mass is 35.5. The molecule has 0 aliphatic carbocycles. The summed E-state index contributed by atoms with van der Waals surface area (Å²) in [6.07, 6.45) is 2.16. The molecule has 10 heteroatoms. The van der Waals surface area contributed by atoms with Crippen molar-refractivity contribution in [2.45, 2.75) is 5.03 Å². The van der Waals surface area contributed by atoms with Gasteiger partial charge in [-0.1, -0.05) is 11.6 Å². The average molecular weight is 303 g/mol. The second kappa shape index (κ2) is 4.86. The standard InChI is InChI=1S/C9H7ClN4O4S/c10-5-1-2-7(11-3-5)14-19(17,18)8-6(9(15)16)4-12-13-8/h1-4H,(H,11,14)(H,12,13)(H,15,16). The quantitative estimate of drug-likeness (QED) is 0.772. The van der Waals surface area contributed by atoms with Crippen LogP contribution in [0.3, 0.4) is 0 Å². The van der Waals surface area contributed by atoms with Crippen molar-refractivity contribution in [2.24, 2.45) is 0 Å². The Morgan fingerprint density at radius 2 is 2.11 bits per heavy atom. The fraction of sp³-hybridized carbons (Fsp3) is 0. The van der Waals surface area contributed by atoms with Crippen LogP contribution < -0.4 is 4.72 Å². The van der Waals surface area contributed by atoms with Gasteiger partial charge in [0.25, 0.3) is 10.0 Å². The molecule has 0 amide bonds. The Bertz CT molecular complexity index is 710. The summed E-state index contributed by atoms with van der Waals surface area (Å²) in [6.45, 7) is 0. The minimum absolute atomic E-state index is 0.00957. The van der Waals surface area contributed by atoms with E-state index in [0.717, 1.165) is 6.20 Å². The summed E-state index contributed by atoms with van der Waals surface area (Å²) in [4.78, 5) is 14.6. The number of carbonyl (C=O) groups is 1. The lowest BCUT2D eigenvalue weighted by molar-refractivity contribution is 0.0692. The summed E-state index contributed by atoms with van der Waals surface area (Å²) in [7, 11) is -4.11. The number of hydrogen-bond acceptors (Lipinski definition) is 5. The molecule has 0 bridgehead atoms. The third-order valence-electron chi connectivity index (χ3n) is 2.07. The molecule has 0 atom stereocenters. The second-order valence-electron chi connectivity index (χ2n) is 3.39. The van der Waals surface area contributed by atoms with Gasteiger partial charge in [-0.05, 0) is 12.1 Å². The molecule has 0 aromatic carbocycles. The van der Waals surface area contributed by atoms with Crippen LogP contribution >= 0.6 is 11.6 Å². The zero-order valence-corrected chi connectivity index (χ0v) is 10.7. The van der Waals surface area contributed by atoms with E-state index in [1.165, 1.54) is 18.3 Å². The van der Waals surface area contributed by atoms with Crippen LogP contribution in [0.2, 0.25) is 5.02 Å². The molecule has 0 spiro atoms. The van der Waals surface area contributed by atoms with E-state index >= 15 is 0 Å². The van der Waals surface area contributed by atoms with Crippen molar-refractivity contribution in [2.75, 3.05) is 4.72 Å². The predicted octanol–water partition coefficient (Wildman–Crippen LogP) is 0.957. The third kappa shape index (κ3) is 2.83. The minimum atomic E-state index is -4.11. The summed E-state index contributed by atoms with van der Waals surface area (Å²) in [5, 5.41) is 14.2. The number of aromatic carboxylic acids is 1. The number of anilines is 1. The van der Waals surface area contributed by atoms with Crippen molar-refractivity contribution in [3.05, 3.63) is 35.1 Å². The number of nitrogens with one attached hydrogen (secondary N) is 2. The molecule has 0 aliphatic rings. The monoisotopic (exact) mass is 302 g/mol. The van der Waals surface area contributed by atoms with Crippen LogP contribution in [0.1, 0.15) is 10.4 Å². The normalized spacial score (nSPS) is 11.2. The largest absolute Gasteiger partial charge is 0.478 e. The van der Waals surface area contributed by atoms with Crippen LogP contribution in [0.25, 0.3) is 0 Å². The Kier molecular flexibility index (Phi) is 3.40. The van der Waals surface area contributed by atoms with Gasteiger partial charge in [0.1, 0.15) is 11.4 Å². The lowest BCUT2D eigenvalue weighted by Crippen LogP contribution is -2.17. The maximum absolute atomic E-state index is 12.0. The van der Waals surface area contributed by atoms with Crippen LogP contribution in [0.4, 0.5) is 5.82 Å². The zero-order chi connectivity index (χ0) is 14.0. The molecule has 2 heterocycles.